The lowest BCUT2D eigenvalue weighted by molar-refractivity contribution is 0.731. The number of rotatable bonds is 0. The summed E-state index contributed by atoms with van der Waals surface area (Å²) < 4.78 is 1.87. The second kappa shape index (κ2) is 4.81. The number of nitrogens with zero attached hydrogens (tertiary/aromatic N) is 3. The van der Waals surface area contributed by atoms with E-state index in [4.69, 9.17) is 11.6 Å². The van der Waals surface area contributed by atoms with Crippen LogP contribution in [0.15, 0.2) is 18.5 Å². The maximum Gasteiger partial charge on any atom is 0.0783 e. The SMILES string of the molecule is Cc1cc(C)n(C)n1.Clc1cn[nH]c1. The summed E-state index contributed by atoms with van der Waals surface area (Å²) in [7, 11) is 1.95. The average molecular weight is 213 g/mol. The number of aryl methyl sites for hydroxylation is 3. The highest BCUT2D eigenvalue weighted by atomic mass is 35.5. The Kier molecular flexibility index (Phi) is 3.71. The molecule has 0 bridgehead atoms. The van der Waals surface area contributed by atoms with Gasteiger partial charge in [-0.1, -0.05) is 11.6 Å². The Morgan fingerprint density at radius 1 is 1.43 bits per heavy atom. The fraction of sp³-hybridized carbons (Fsp3) is 0.333. The number of nitrogens with one attached hydrogen (secondary N) is 1. The summed E-state index contributed by atoms with van der Waals surface area (Å²) in [5, 5.41) is 10.9. The number of halogens is 1. The third-order valence-electron chi connectivity index (χ3n) is 1.70. The molecule has 0 aliphatic heterocycles. The van der Waals surface area contributed by atoms with Crippen molar-refractivity contribution >= 4 is 11.6 Å². The molecule has 76 valence electrons. The zero-order valence-corrected chi connectivity index (χ0v) is 9.21. The zero-order valence-electron chi connectivity index (χ0n) is 8.45. The van der Waals surface area contributed by atoms with Crippen molar-refractivity contribution in [2.75, 3.05) is 0 Å². The van der Waals surface area contributed by atoms with Crippen LogP contribution in [-0.4, -0.2) is 20.0 Å². The van der Waals surface area contributed by atoms with Crippen molar-refractivity contribution in [1.82, 2.24) is 20.0 Å². The lowest BCUT2D eigenvalue weighted by atomic mass is 10.4. The fourth-order valence-electron chi connectivity index (χ4n) is 0.975. The van der Waals surface area contributed by atoms with Crippen molar-refractivity contribution in [1.29, 1.82) is 0 Å². The van der Waals surface area contributed by atoms with Crippen LogP contribution < -0.4 is 0 Å². The van der Waals surface area contributed by atoms with Gasteiger partial charge in [0.15, 0.2) is 0 Å². The van der Waals surface area contributed by atoms with Crippen LogP contribution in [-0.2, 0) is 7.05 Å². The molecule has 2 aromatic heterocycles. The number of aromatic nitrogens is 4. The van der Waals surface area contributed by atoms with Crippen molar-refractivity contribution in [2.45, 2.75) is 13.8 Å². The van der Waals surface area contributed by atoms with E-state index in [0.29, 0.717) is 5.02 Å². The van der Waals surface area contributed by atoms with Gasteiger partial charge in [-0.05, 0) is 19.9 Å². The van der Waals surface area contributed by atoms with Crippen LogP contribution in [0.5, 0.6) is 0 Å². The summed E-state index contributed by atoms with van der Waals surface area (Å²) in [4.78, 5) is 0. The summed E-state index contributed by atoms with van der Waals surface area (Å²) in [6.45, 7) is 4.03. The molecule has 0 radical (unpaired) electrons. The predicted molar refractivity (Wildman–Crippen MR) is 56.3 cm³/mol. The predicted octanol–water partition coefficient (Wildman–Crippen LogP) is 2.10. The maximum atomic E-state index is 5.36. The molecule has 2 aromatic rings. The van der Waals surface area contributed by atoms with Gasteiger partial charge in [0.25, 0.3) is 0 Å². The summed E-state index contributed by atoms with van der Waals surface area (Å²) in [6, 6.07) is 2.06. The van der Waals surface area contributed by atoms with Crippen LogP contribution in [0.3, 0.4) is 0 Å². The minimum absolute atomic E-state index is 0.648. The van der Waals surface area contributed by atoms with Crippen LogP contribution in [0.1, 0.15) is 11.4 Å². The molecular weight excluding hydrogens is 200 g/mol. The molecule has 2 heterocycles. The Morgan fingerprint density at radius 3 is 2.29 bits per heavy atom. The van der Waals surface area contributed by atoms with E-state index < -0.39 is 0 Å². The van der Waals surface area contributed by atoms with E-state index in [1.165, 1.54) is 5.69 Å². The summed E-state index contributed by atoms with van der Waals surface area (Å²) >= 11 is 5.36. The first-order valence-corrected chi connectivity index (χ1v) is 4.59. The van der Waals surface area contributed by atoms with E-state index >= 15 is 0 Å². The lowest BCUT2D eigenvalue weighted by Crippen LogP contribution is -1.91. The van der Waals surface area contributed by atoms with E-state index in [2.05, 4.69) is 21.4 Å². The van der Waals surface area contributed by atoms with Crippen LogP contribution >= 0.6 is 11.6 Å². The highest BCUT2D eigenvalue weighted by Crippen LogP contribution is 1.99. The minimum atomic E-state index is 0.648. The van der Waals surface area contributed by atoms with Crippen molar-refractivity contribution in [3.05, 3.63) is 34.9 Å². The van der Waals surface area contributed by atoms with Gasteiger partial charge in [0.05, 0.1) is 16.9 Å². The minimum Gasteiger partial charge on any atom is -0.284 e. The van der Waals surface area contributed by atoms with Crippen LogP contribution in [0.25, 0.3) is 0 Å². The van der Waals surface area contributed by atoms with E-state index in [9.17, 15) is 0 Å². The fourth-order valence-corrected chi connectivity index (χ4v) is 1.07. The van der Waals surface area contributed by atoms with Crippen molar-refractivity contribution < 1.29 is 0 Å². The van der Waals surface area contributed by atoms with Gasteiger partial charge in [0.1, 0.15) is 0 Å². The Morgan fingerprint density at radius 2 is 2.14 bits per heavy atom. The Hall–Kier alpha value is -1.29. The average Bonchev–Trinajstić information content (AvgIpc) is 2.65. The summed E-state index contributed by atoms with van der Waals surface area (Å²) in [5.41, 5.74) is 2.30. The molecule has 0 atom stereocenters. The summed E-state index contributed by atoms with van der Waals surface area (Å²) in [5.74, 6) is 0. The molecule has 0 unspecified atom stereocenters. The molecule has 0 amide bonds. The third-order valence-corrected chi connectivity index (χ3v) is 1.91. The van der Waals surface area contributed by atoms with Gasteiger partial charge in [0, 0.05) is 18.9 Å². The largest absolute Gasteiger partial charge is 0.284 e. The molecule has 0 aliphatic carbocycles. The molecular formula is C9H13ClN4. The van der Waals surface area contributed by atoms with E-state index in [-0.39, 0.29) is 0 Å². The van der Waals surface area contributed by atoms with Gasteiger partial charge in [-0.15, -0.1) is 0 Å². The Balaban J connectivity index is 0.000000146. The van der Waals surface area contributed by atoms with Gasteiger partial charge < -0.3 is 0 Å². The number of hydrogen-bond acceptors (Lipinski definition) is 2. The molecule has 5 heteroatoms. The van der Waals surface area contributed by atoms with Gasteiger partial charge in [0.2, 0.25) is 0 Å². The zero-order chi connectivity index (χ0) is 10.6. The van der Waals surface area contributed by atoms with E-state index in [1.54, 1.807) is 12.4 Å². The summed E-state index contributed by atoms with van der Waals surface area (Å²) in [6.07, 6.45) is 3.16. The third kappa shape index (κ3) is 3.22. The highest BCUT2D eigenvalue weighted by Gasteiger charge is 1.91. The normalized spacial score (nSPS) is 9.43. The quantitative estimate of drug-likeness (QED) is 0.727. The van der Waals surface area contributed by atoms with Crippen molar-refractivity contribution in [3.63, 3.8) is 0 Å². The second-order valence-electron chi connectivity index (χ2n) is 2.97. The van der Waals surface area contributed by atoms with Gasteiger partial charge in [-0.25, -0.2) is 0 Å². The molecule has 2 rings (SSSR count). The Labute approximate surface area is 87.9 Å². The van der Waals surface area contributed by atoms with Gasteiger partial charge in [-0.2, -0.15) is 10.2 Å². The van der Waals surface area contributed by atoms with Gasteiger partial charge >= 0.3 is 0 Å². The Bertz CT molecular complexity index is 358. The van der Waals surface area contributed by atoms with Crippen molar-refractivity contribution in [2.24, 2.45) is 7.05 Å². The first-order chi connectivity index (χ1) is 6.59. The number of aromatic amines is 1. The molecule has 0 aromatic carbocycles. The molecule has 14 heavy (non-hydrogen) atoms. The lowest BCUT2D eigenvalue weighted by Gasteiger charge is -1.87. The molecule has 0 saturated heterocycles. The van der Waals surface area contributed by atoms with Crippen LogP contribution in [0, 0.1) is 13.8 Å². The van der Waals surface area contributed by atoms with E-state index in [1.807, 2.05) is 25.6 Å². The first-order valence-electron chi connectivity index (χ1n) is 4.21. The molecule has 0 fully saturated rings. The first kappa shape index (κ1) is 10.8. The number of H-pyrrole nitrogens is 1. The smallest absolute Gasteiger partial charge is 0.0783 e. The standard InChI is InChI=1S/C6H10N2.C3H3ClN2/c1-5-4-6(2)8(3)7-5;4-3-1-5-6-2-3/h4H,1-3H3;1-2H,(H,5,6). The highest BCUT2D eigenvalue weighted by molar-refractivity contribution is 6.30. The second-order valence-corrected chi connectivity index (χ2v) is 3.40. The molecule has 1 N–H and O–H groups in total. The topological polar surface area (TPSA) is 46.5 Å². The van der Waals surface area contributed by atoms with Crippen molar-refractivity contribution in [3.8, 4) is 0 Å². The van der Waals surface area contributed by atoms with Crippen LogP contribution in [0.2, 0.25) is 5.02 Å². The van der Waals surface area contributed by atoms with Gasteiger partial charge in [-0.3, -0.25) is 9.78 Å². The monoisotopic (exact) mass is 212 g/mol. The van der Waals surface area contributed by atoms with Crippen LogP contribution in [0.4, 0.5) is 0 Å². The molecule has 0 saturated carbocycles. The molecule has 0 spiro atoms. The molecule has 4 nitrogen and oxygen atoms in total. The molecule has 0 aliphatic rings. The van der Waals surface area contributed by atoms with E-state index in [0.717, 1.165) is 5.69 Å². The number of hydrogen-bond donors (Lipinski definition) is 1. The maximum absolute atomic E-state index is 5.36.